The Bertz CT molecular complexity index is 367. The molecule has 0 aliphatic carbocycles. The van der Waals surface area contributed by atoms with Crippen molar-refractivity contribution >= 4 is 0 Å². The Morgan fingerprint density at radius 1 is 1.38 bits per heavy atom. The van der Waals surface area contributed by atoms with Crippen molar-refractivity contribution in [2.45, 2.75) is 26.8 Å². The summed E-state index contributed by atoms with van der Waals surface area (Å²) in [6.07, 6.45) is 0.797. The van der Waals surface area contributed by atoms with Crippen LogP contribution in [0.3, 0.4) is 0 Å². The Labute approximate surface area is 95.5 Å². The number of methoxy groups -OCH3 is 1. The van der Waals surface area contributed by atoms with E-state index in [1.807, 2.05) is 6.92 Å². The Hall–Kier alpha value is -1.13. The van der Waals surface area contributed by atoms with Crippen LogP contribution in [0.25, 0.3) is 0 Å². The molecule has 0 aliphatic rings. The molecule has 0 amide bonds. The number of ether oxygens (including phenoxy) is 1. The van der Waals surface area contributed by atoms with Crippen molar-refractivity contribution in [2.24, 2.45) is 0 Å². The van der Waals surface area contributed by atoms with Crippen LogP contribution in [0.5, 0.6) is 5.75 Å². The van der Waals surface area contributed by atoms with Gasteiger partial charge in [-0.1, -0.05) is 6.92 Å². The second-order valence-corrected chi connectivity index (χ2v) is 3.53. The molecule has 1 rings (SSSR count). The monoisotopic (exact) mass is 227 g/mol. The number of hydrogen-bond donors (Lipinski definition) is 1. The van der Waals surface area contributed by atoms with E-state index in [2.05, 4.69) is 5.48 Å². The smallest absolute Gasteiger partial charge is 0.130 e. The highest BCUT2D eigenvalue weighted by Gasteiger charge is 2.14. The summed E-state index contributed by atoms with van der Waals surface area (Å²) in [5, 5.41) is 0. The fourth-order valence-electron chi connectivity index (χ4n) is 1.80. The Morgan fingerprint density at radius 3 is 2.56 bits per heavy atom. The molecular weight excluding hydrogens is 209 g/mol. The van der Waals surface area contributed by atoms with Crippen LogP contribution in [0.1, 0.15) is 23.6 Å². The number of hydroxylamine groups is 1. The predicted molar refractivity (Wildman–Crippen MR) is 60.9 cm³/mol. The minimum Gasteiger partial charge on any atom is -0.496 e. The summed E-state index contributed by atoms with van der Waals surface area (Å²) in [5.74, 6) is 0.386. The molecule has 0 fully saturated rings. The van der Waals surface area contributed by atoms with Crippen LogP contribution in [0, 0.1) is 12.7 Å². The van der Waals surface area contributed by atoms with Gasteiger partial charge in [-0.2, -0.15) is 5.48 Å². The maximum absolute atomic E-state index is 13.6. The van der Waals surface area contributed by atoms with E-state index >= 15 is 0 Å². The third-order valence-electron chi connectivity index (χ3n) is 2.63. The quantitative estimate of drug-likeness (QED) is 0.783. The number of benzene rings is 1. The van der Waals surface area contributed by atoms with E-state index in [1.165, 1.54) is 13.2 Å². The third-order valence-corrected chi connectivity index (χ3v) is 2.63. The van der Waals surface area contributed by atoms with E-state index < -0.39 is 0 Å². The molecule has 0 heterocycles. The molecule has 1 aromatic rings. The molecule has 4 heteroatoms. The molecule has 1 aromatic carbocycles. The van der Waals surface area contributed by atoms with Crippen molar-refractivity contribution in [1.82, 2.24) is 5.48 Å². The van der Waals surface area contributed by atoms with Crippen LogP contribution >= 0.6 is 0 Å². The van der Waals surface area contributed by atoms with Crippen molar-refractivity contribution in [2.75, 3.05) is 14.2 Å². The van der Waals surface area contributed by atoms with Crippen molar-refractivity contribution in [3.05, 3.63) is 28.6 Å². The molecular formula is C12H18FNO2. The fourth-order valence-corrected chi connectivity index (χ4v) is 1.80. The molecule has 1 N–H and O–H groups in total. The summed E-state index contributed by atoms with van der Waals surface area (Å²) in [7, 11) is 3.10. The van der Waals surface area contributed by atoms with Crippen LogP contribution in [-0.2, 0) is 17.8 Å². The number of nitrogens with one attached hydrogen (secondary N) is 1. The molecule has 0 saturated carbocycles. The Kier molecular flexibility index (Phi) is 4.71. The van der Waals surface area contributed by atoms with Gasteiger partial charge in [0, 0.05) is 12.1 Å². The van der Waals surface area contributed by atoms with Gasteiger partial charge in [-0.15, -0.1) is 0 Å². The van der Waals surface area contributed by atoms with Gasteiger partial charge < -0.3 is 9.57 Å². The highest BCUT2D eigenvalue weighted by Crippen LogP contribution is 2.29. The average Bonchev–Trinajstić information content (AvgIpc) is 2.29. The van der Waals surface area contributed by atoms with Crippen LogP contribution in [-0.4, -0.2) is 14.2 Å². The van der Waals surface area contributed by atoms with E-state index in [9.17, 15) is 4.39 Å². The van der Waals surface area contributed by atoms with Crippen LogP contribution in [0.15, 0.2) is 6.07 Å². The first-order valence-corrected chi connectivity index (χ1v) is 5.26. The average molecular weight is 227 g/mol. The molecule has 0 aliphatic heterocycles. The zero-order valence-corrected chi connectivity index (χ0v) is 10.2. The first kappa shape index (κ1) is 12.9. The molecule has 0 atom stereocenters. The molecule has 3 nitrogen and oxygen atoms in total. The van der Waals surface area contributed by atoms with Gasteiger partial charge in [0.05, 0.1) is 14.2 Å². The van der Waals surface area contributed by atoms with Gasteiger partial charge in [-0.25, -0.2) is 4.39 Å². The number of hydrogen-bond acceptors (Lipinski definition) is 3. The normalized spacial score (nSPS) is 10.6. The number of rotatable bonds is 5. The minimum absolute atomic E-state index is 0.248. The molecule has 0 unspecified atom stereocenters. The van der Waals surface area contributed by atoms with Crippen LogP contribution in [0.2, 0.25) is 0 Å². The fraction of sp³-hybridized carbons (Fsp3) is 0.500. The van der Waals surface area contributed by atoms with Gasteiger partial charge in [0.25, 0.3) is 0 Å². The third kappa shape index (κ3) is 2.51. The first-order valence-electron chi connectivity index (χ1n) is 5.26. The predicted octanol–water partition coefficient (Wildman–Crippen LogP) is 2.36. The van der Waals surface area contributed by atoms with Crippen molar-refractivity contribution < 1.29 is 14.0 Å². The van der Waals surface area contributed by atoms with Crippen LogP contribution in [0.4, 0.5) is 4.39 Å². The Morgan fingerprint density at radius 2 is 2.06 bits per heavy atom. The van der Waals surface area contributed by atoms with E-state index in [0.717, 1.165) is 17.5 Å². The summed E-state index contributed by atoms with van der Waals surface area (Å²) in [6.45, 7) is 4.21. The van der Waals surface area contributed by atoms with Gasteiger partial charge >= 0.3 is 0 Å². The summed E-state index contributed by atoms with van der Waals surface area (Å²) in [4.78, 5) is 4.78. The first-order chi connectivity index (χ1) is 7.65. The van der Waals surface area contributed by atoms with E-state index in [-0.39, 0.29) is 5.82 Å². The molecule has 16 heavy (non-hydrogen) atoms. The lowest BCUT2D eigenvalue weighted by Crippen LogP contribution is -2.13. The molecule has 0 spiro atoms. The summed E-state index contributed by atoms with van der Waals surface area (Å²) in [5.41, 5.74) is 5.16. The molecule has 90 valence electrons. The van der Waals surface area contributed by atoms with Crippen molar-refractivity contribution in [3.8, 4) is 5.75 Å². The van der Waals surface area contributed by atoms with Gasteiger partial charge in [-0.3, -0.25) is 0 Å². The second-order valence-electron chi connectivity index (χ2n) is 3.53. The van der Waals surface area contributed by atoms with Gasteiger partial charge in [0.2, 0.25) is 0 Å². The summed E-state index contributed by atoms with van der Waals surface area (Å²) < 4.78 is 18.9. The van der Waals surface area contributed by atoms with E-state index in [4.69, 9.17) is 9.57 Å². The Balaban J connectivity index is 3.20. The standard InChI is InChI=1S/C12H18FNO2/c1-5-10-9(7-14-16-4)6-11(13)8(2)12(10)15-3/h6,14H,5,7H2,1-4H3. The molecule has 0 radical (unpaired) electrons. The summed E-state index contributed by atoms with van der Waals surface area (Å²) in [6, 6.07) is 1.53. The topological polar surface area (TPSA) is 30.5 Å². The SMILES string of the molecule is CCc1c(CNOC)cc(F)c(C)c1OC. The lowest BCUT2D eigenvalue weighted by atomic mass is 10.00. The molecule has 0 bridgehead atoms. The van der Waals surface area contributed by atoms with Gasteiger partial charge in [-0.05, 0) is 30.5 Å². The highest BCUT2D eigenvalue weighted by atomic mass is 19.1. The highest BCUT2D eigenvalue weighted by molar-refractivity contribution is 5.46. The maximum Gasteiger partial charge on any atom is 0.130 e. The summed E-state index contributed by atoms with van der Waals surface area (Å²) >= 11 is 0. The second kappa shape index (κ2) is 5.82. The largest absolute Gasteiger partial charge is 0.496 e. The van der Waals surface area contributed by atoms with Crippen LogP contribution < -0.4 is 10.2 Å². The lowest BCUT2D eigenvalue weighted by Gasteiger charge is -2.16. The maximum atomic E-state index is 13.6. The minimum atomic E-state index is -0.248. The van der Waals surface area contributed by atoms with Crippen molar-refractivity contribution in [3.63, 3.8) is 0 Å². The molecule has 0 aromatic heterocycles. The lowest BCUT2D eigenvalue weighted by molar-refractivity contribution is 0.0864. The van der Waals surface area contributed by atoms with E-state index in [1.54, 1.807) is 14.0 Å². The zero-order valence-electron chi connectivity index (χ0n) is 10.2. The van der Waals surface area contributed by atoms with Gasteiger partial charge in [0.15, 0.2) is 0 Å². The number of halogens is 1. The van der Waals surface area contributed by atoms with Gasteiger partial charge in [0.1, 0.15) is 11.6 Å². The molecule has 0 saturated heterocycles. The van der Waals surface area contributed by atoms with E-state index in [0.29, 0.717) is 17.9 Å². The zero-order chi connectivity index (χ0) is 12.1. The van der Waals surface area contributed by atoms with Crippen molar-refractivity contribution in [1.29, 1.82) is 0 Å².